The minimum absolute atomic E-state index is 0.480. The summed E-state index contributed by atoms with van der Waals surface area (Å²) in [6.07, 6.45) is 5.86. The van der Waals surface area contributed by atoms with E-state index in [-0.39, 0.29) is 0 Å². The number of hydrogen-bond acceptors (Lipinski definition) is 4. The quantitative estimate of drug-likeness (QED) is 0.593. The van der Waals surface area contributed by atoms with E-state index >= 15 is 0 Å². The van der Waals surface area contributed by atoms with Crippen LogP contribution in [-0.2, 0) is 0 Å². The van der Waals surface area contributed by atoms with Crippen molar-refractivity contribution in [3.63, 3.8) is 0 Å². The minimum Gasteiger partial charge on any atom is -0.451 e. The molecule has 50 valence electrons. The van der Waals surface area contributed by atoms with Crippen LogP contribution in [0.4, 0.5) is 0 Å². The summed E-state index contributed by atoms with van der Waals surface area (Å²) in [6, 6.07) is 0. The van der Waals surface area contributed by atoms with Gasteiger partial charge in [-0.05, 0) is 0 Å². The molecule has 0 saturated carbocycles. The van der Waals surface area contributed by atoms with E-state index in [9.17, 15) is 0 Å². The average molecular weight is 136 g/mol. The Kier molecular flexibility index (Phi) is 1.04. The molecule has 2 rings (SSSR count). The van der Waals surface area contributed by atoms with Crippen molar-refractivity contribution < 1.29 is 8.83 Å². The summed E-state index contributed by atoms with van der Waals surface area (Å²) in [5, 5.41) is 0. The second-order valence-electron chi connectivity index (χ2n) is 1.71. The molecule has 0 bridgehead atoms. The maximum Gasteiger partial charge on any atom is 0.248 e. The molecule has 10 heavy (non-hydrogen) atoms. The predicted octanol–water partition coefficient (Wildman–Crippen LogP) is 1.33. The van der Waals surface area contributed by atoms with Gasteiger partial charge in [0.15, 0.2) is 12.1 Å². The molecule has 4 heteroatoms. The predicted molar refractivity (Wildman–Crippen MR) is 32.0 cm³/mol. The van der Waals surface area contributed by atoms with E-state index in [1.165, 1.54) is 18.9 Å². The van der Waals surface area contributed by atoms with Gasteiger partial charge in [-0.2, -0.15) is 0 Å². The van der Waals surface area contributed by atoms with Crippen LogP contribution < -0.4 is 0 Å². The second-order valence-corrected chi connectivity index (χ2v) is 1.71. The Bertz CT molecular complexity index is 253. The molecular formula is C6H4N2O2. The zero-order valence-electron chi connectivity index (χ0n) is 5.02. The summed E-state index contributed by atoms with van der Waals surface area (Å²) in [5.41, 5.74) is 0.616. The van der Waals surface area contributed by atoms with Crippen LogP contribution in [0.5, 0.6) is 0 Å². The third-order valence-electron chi connectivity index (χ3n) is 1.08. The van der Waals surface area contributed by atoms with Gasteiger partial charge < -0.3 is 8.83 Å². The fourth-order valence-electron chi connectivity index (χ4n) is 0.668. The number of nitrogens with zero attached hydrogens (tertiary/aromatic N) is 2. The molecule has 0 unspecified atom stereocenters. The molecule has 4 nitrogen and oxygen atoms in total. The van der Waals surface area contributed by atoms with Gasteiger partial charge in [-0.3, -0.25) is 0 Å². The Morgan fingerprint density at radius 2 is 2.30 bits per heavy atom. The van der Waals surface area contributed by atoms with Gasteiger partial charge in [0.25, 0.3) is 0 Å². The van der Waals surface area contributed by atoms with E-state index in [0.717, 1.165) is 0 Å². The Morgan fingerprint density at radius 1 is 1.30 bits per heavy atom. The van der Waals surface area contributed by atoms with Gasteiger partial charge in [-0.1, -0.05) is 0 Å². The largest absolute Gasteiger partial charge is 0.451 e. The molecule has 0 atom stereocenters. The number of rotatable bonds is 1. The summed E-state index contributed by atoms with van der Waals surface area (Å²) in [6.45, 7) is 0. The molecule has 0 N–H and O–H groups in total. The first-order valence-electron chi connectivity index (χ1n) is 2.75. The van der Waals surface area contributed by atoms with E-state index in [2.05, 4.69) is 9.97 Å². The minimum atomic E-state index is 0.480. The fourth-order valence-corrected chi connectivity index (χ4v) is 0.668. The monoisotopic (exact) mass is 136 g/mol. The lowest BCUT2D eigenvalue weighted by atomic mass is 10.5. The lowest BCUT2D eigenvalue weighted by molar-refractivity contribution is 0.553. The van der Waals surface area contributed by atoms with Gasteiger partial charge in [0.05, 0.1) is 6.20 Å². The first-order valence-corrected chi connectivity index (χ1v) is 2.75. The third kappa shape index (κ3) is 0.699. The highest BCUT2D eigenvalue weighted by atomic mass is 16.4. The Labute approximate surface area is 56.5 Å². The van der Waals surface area contributed by atoms with Crippen molar-refractivity contribution >= 4 is 0 Å². The van der Waals surface area contributed by atoms with Gasteiger partial charge in [-0.15, -0.1) is 0 Å². The summed E-state index contributed by atoms with van der Waals surface area (Å²) < 4.78 is 9.67. The van der Waals surface area contributed by atoms with Crippen molar-refractivity contribution in [2.45, 2.75) is 0 Å². The Morgan fingerprint density at radius 3 is 2.90 bits per heavy atom. The molecule has 0 amide bonds. The van der Waals surface area contributed by atoms with E-state index in [1.54, 1.807) is 6.20 Å². The molecular weight excluding hydrogens is 132 g/mol. The van der Waals surface area contributed by atoms with Crippen LogP contribution in [0, 0.1) is 0 Å². The standard InChI is InChI=1S/C6H4N2O2/c1-2-10-6(7-1)5-3-9-4-8-5/h1-4H. The molecule has 0 saturated heterocycles. The molecule has 0 aliphatic rings. The Balaban J connectivity index is 2.48. The molecule has 0 aliphatic heterocycles. The van der Waals surface area contributed by atoms with Crippen molar-refractivity contribution in [2.24, 2.45) is 0 Å². The van der Waals surface area contributed by atoms with Crippen LogP contribution in [0.3, 0.4) is 0 Å². The van der Waals surface area contributed by atoms with Crippen LogP contribution in [0.2, 0.25) is 0 Å². The highest BCUT2D eigenvalue weighted by Gasteiger charge is 2.02. The molecule has 0 spiro atoms. The fraction of sp³-hybridized carbons (Fsp3) is 0. The van der Waals surface area contributed by atoms with Gasteiger partial charge in [-0.25, -0.2) is 9.97 Å². The van der Waals surface area contributed by atoms with Crippen LogP contribution in [0.1, 0.15) is 0 Å². The SMILES string of the molecule is c1coc(-c2cocn2)n1. The summed E-state index contributed by atoms with van der Waals surface area (Å²) in [7, 11) is 0. The van der Waals surface area contributed by atoms with Crippen LogP contribution in [0.15, 0.2) is 34.0 Å². The molecule has 0 aliphatic carbocycles. The molecule has 2 aromatic rings. The first kappa shape index (κ1) is 5.22. The maximum atomic E-state index is 4.94. The maximum absolute atomic E-state index is 4.94. The zero-order chi connectivity index (χ0) is 6.81. The summed E-state index contributed by atoms with van der Waals surface area (Å²) >= 11 is 0. The van der Waals surface area contributed by atoms with Crippen molar-refractivity contribution in [2.75, 3.05) is 0 Å². The topological polar surface area (TPSA) is 52.1 Å². The van der Waals surface area contributed by atoms with Crippen LogP contribution >= 0.6 is 0 Å². The Hall–Kier alpha value is -1.58. The van der Waals surface area contributed by atoms with Gasteiger partial charge in [0, 0.05) is 0 Å². The highest BCUT2D eigenvalue weighted by molar-refractivity contribution is 5.42. The smallest absolute Gasteiger partial charge is 0.248 e. The summed E-state index contributed by atoms with van der Waals surface area (Å²) in [5.74, 6) is 0.480. The van der Waals surface area contributed by atoms with Crippen molar-refractivity contribution in [3.05, 3.63) is 25.1 Å². The number of oxazole rings is 2. The van der Waals surface area contributed by atoms with Crippen molar-refractivity contribution in [3.8, 4) is 11.6 Å². The van der Waals surface area contributed by atoms with Gasteiger partial charge >= 0.3 is 0 Å². The highest BCUT2D eigenvalue weighted by Crippen LogP contribution is 2.12. The van der Waals surface area contributed by atoms with Crippen LogP contribution in [0.25, 0.3) is 11.6 Å². The van der Waals surface area contributed by atoms with Crippen molar-refractivity contribution in [1.29, 1.82) is 0 Å². The lowest BCUT2D eigenvalue weighted by Crippen LogP contribution is -1.72. The normalized spacial score (nSPS) is 10.0. The first-order chi connectivity index (χ1) is 4.97. The van der Waals surface area contributed by atoms with Gasteiger partial charge in [0.2, 0.25) is 5.89 Å². The molecule has 2 heterocycles. The molecule has 0 fully saturated rings. The average Bonchev–Trinajstić information content (AvgIpc) is 2.59. The molecule has 2 aromatic heterocycles. The molecule has 0 radical (unpaired) electrons. The second kappa shape index (κ2) is 1.98. The molecule has 0 aromatic carbocycles. The van der Waals surface area contributed by atoms with E-state index in [0.29, 0.717) is 11.6 Å². The zero-order valence-corrected chi connectivity index (χ0v) is 5.02. The number of aromatic nitrogens is 2. The lowest BCUT2D eigenvalue weighted by Gasteiger charge is -1.80. The third-order valence-corrected chi connectivity index (χ3v) is 1.08. The summed E-state index contributed by atoms with van der Waals surface area (Å²) in [4.78, 5) is 7.71. The van der Waals surface area contributed by atoms with E-state index < -0.39 is 0 Å². The van der Waals surface area contributed by atoms with Crippen molar-refractivity contribution in [1.82, 2.24) is 9.97 Å². The van der Waals surface area contributed by atoms with E-state index in [4.69, 9.17) is 8.83 Å². The van der Waals surface area contributed by atoms with E-state index in [1.807, 2.05) is 0 Å². The van der Waals surface area contributed by atoms with Crippen LogP contribution in [-0.4, -0.2) is 9.97 Å². The van der Waals surface area contributed by atoms with Gasteiger partial charge in [0.1, 0.15) is 12.5 Å². The number of hydrogen-bond donors (Lipinski definition) is 0.